The summed E-state index contributed by atoms with van der Waals surface area (Å²) in [4.78, 5) is 24.3. The molecule has 0 saturated heterocycles. The number of nitrogens with one attached hydrogen (secondary N) is 1. The van der Waals surface area contributed by atoms with Gasteiger partial charge in [-0.05, 0) is 70.1 Å². The molecule has 0 aliphatic rings. The maximum absolute atomic E-state index is 12.7. The van der Waals surface area contributed by atoms with Gasteiger partial charge in [-0.3, -0.25) is 4.79 Å². The zero-order valence-corrected chi connectivity index (χ0v) is 23.0. The molecule has 0 heterocycles. The molecule has 0 aromatic carbocycles. The van der Waals surface area contributed by atoms with Crippen LogP contribution in [0.25, 0.3) is 0 Å². The molecular weight excluding hydrogens is 402 g/mol. The first kappa shape index (κ1) is 30.7. The first-order chi connectivity index (χ1) is 14.4. The van der Waals surface area contributed by atoms with Gasteiger partial charge in [-0.25, -0.2) is 4.79 Å². The van der Waals surface area contributed by atoms with E-state index in [4.69, 9.17) is 9.47 Å². The molecule has 190 valence electrons. The van der Waals surface area contributed by atoms with Crippen molar-refractivity contribution in [3.63, 3.8) is 0 Å². The van der Waals surface area contributed by atoms with E-state index in [1.54, 1.807) is 0 Å². The molecule has 0 spiro atoms. The van der Waals surface area contributed by atoms with Gasteiger partial charge >= 0.3 is 12.1 Å². The maximum Gasteiger partial charge on any atom is 0.407 e. The Morgan fingerprint density at radius 3 is 1.94 bits per heavy atom. The van der Waals surface area contributed by atoms with Crippen molar-refractivity contribution in [1.29, 1.82) is 0 Å². The molecule has 5 nitrogen and oxygen atoms in total. The lowest BCUT2D eigenvalue weighted by atomic mass is 9.71. The number of esters is 1. The number of amides is 1. The third-order valence-corrected chi connectivity index (χ3v) is 5.35. The van der Waals surface area contributed by atoms with Gasteiger partial charge in [0.05, 0.1) is 0 Å². The fourth-order valence-electron chi connectivity index (χ4n) is 4.57. The summed E-state index contributed by atoms with van der Waals surface area (Å²) in [6, 6.07) is 0. The van der Waals surface area contributed by atoms with Gasteiger partial charge in [-0.1, -0.05) is 61.8 Å². The predicted molar refractivity (Wildman–Crippen MR) is 134 cm³/mol. The van der Waals surface area contributed by atoms with Gasteiger partial charge in [-0.15, -0.1) is 0 Å². The molecule has 1 amide bonds. The number of rotatable bonds is 13. The largest absolute Gasteiger partial charge is 0.462 e. The fraction of sp³-hybridized carbons (Fsp3) is 0.926. The number of hydrogen-bond acceptors (Lipinski definition) is 4. The molecule has 0 fully saturated rings. The Morgan fingerprint density at radius 1 is 0.844 bits per heavy atom. The van der Waals surface area contributed by atoms with Crippen molar-refractivity contribution >= 4 is 12.1 Å². The van der Waals surface area contributed by atoms with Gasteiger partial charge in [0, 0.05) is 18.4 Å². The van der Waals surface area contributed by atoms with E-state index in [0.29, 0.717) is 24.8 Å². The summed E-state index contributed by atoms with van der Waals surface area (Å²) in [7, 11) is 0. The van der Waals surface area contributed by atoms with Crippen LogP contribution in [0.3, 0.4) is 0 Å². The highest BCUT2D eigenvalue weighted by Crippen LogP contribution is 2.40. The Balaban J connectivity index is 4.60. The average molecular weight is 456 g/mol. The predicted octanol–water partition coefficient (Wildman–Crippen LogP) is 7.52. The molecule has 0 aliphatic carbocycles. The van der Waals surface area contributed by atoms with E-state index in [0.717, 1.165) is 38.5 Å². The molecule has 1 N–H and O–H groups in total. The van der Waals surface area contributed by atoms with Crippen molar-refractivity contribution in [2.24, 2.45) is 22.7 Å². The molecule has 0 aliphatic heterocycles. The van der Waals surface area contributed by atoms with Crippen molar-refractivity contribution < 1.29 is 19.1 Å². The van der Waals surface area contributed by atoms with Crippen LogP contribution >= 0.6 is 0 Å². The second-order valence-electron chi connectivity index (χ2n) is 12.9. The molecule has 32 heavy (non-hydrogen) atoms. The number of alkyl carbamates (subject to hydrolysis) is 1. The van der Waals surface area contributed by atoms with Crippen LogP contribution < -0.4 is 5.32 Å². The van der Waals surface area contributed by atoms with E-state index in [-0.39, 0.29) is 22.9 Å². The van der Waals surface area contributed by atoms with Gasteiger partial charge in [0.15, 0.2) is 0 Å². The van der Waals surface area contributed by atoms with E-state index in [2.05, 4.69) is 60.7 Å². The third kappa shape index (κ3) is 16.4. The fourth-order valence-corrected chi connectivity index (χ4v) is 4.57. The molecule has 0 bridgehead atoms. The highest BCUT2D eigenvalue weighted by atomic mass is 16.6. The molecule has 2 atom stereocenters. The highest BCUT2D eigenvalue weighted by molar-refractivity contribution is 5.69. The van der Waals surface area contributed by atoms with E-state index < -0.39 is 11.7 Å². The van der Waals surface area contributed by atoms with E-state index in [9.17, 15) is 9.59 Å². The third-order valence-electron chi connectivity index (χ3n) is 5.35. The van der Waals surface area contributed by atoms with Crippen molar-refractivity contribution in [3.05, 3.63) is 0 Å². The number of hydrogen-bond donors (Lipinski definition) is 1. The average Bonchev–Trinajstić information content (AvgIpc) is 2.52. The van der Waals surface area contributed by atoms with E-state index in [1.165, 1.54) is 0 Å². The van der Waals surface area contributed by atoms with E-state index >= 15 is 0 Å². The van der Waals surface area contributed by atoms with Crippen LogP contribution in [0, 0.1) is 22.7 Å². The molecule has 0 rings (SSSR count). The van der Waals surface area contributed by atoms with E-state index in [1.807, 2.05) is 20.8 Å². The van der Waals surface area contributed by atoms with Gasteiger partial charge in [0.1, 0.15) is 11.7 Å². The van der Waals surface area contributed by atoms with Crippen molar-refractivity contribution in [1.82, 2.24) is 5.32 Å². The molecule has 0 saturated carbocycles. The molecule has 0 aromatic rings. The number of unbranched alkanes of at least 4 members (excludes halogenated alkanes) is 2. The zero-order valence-electron chi connectivity index (χ0n) is 23.0. The zero-order chi connectivity index (χ0) is 25.2. The van der Waals surface area contributed by atoms with Gasteiger partial charge in [-0.2, -0.15) is 0 Å². The quantitative estimate of drug-likeness (QED) is 0.230. The van der Waals surface area contributed by atoms with Crippen LogP contribution in [-0.2, 0) is 14.3 Å². The van der Waals surface area contributed by atoms with Crippen LogP contribution in [0.15, 0.2) is 0 Å². The standard InChI is InChI=1S/C27H53NO4/c1-20(2)17-21(3)18-22(27(10,11)19-25(4,5)6)31-23(29)15-13-12-14-16-28-24(30)32-26(7,8)9/h20-22H,12-19H2,1-11H3,(H,28,30). The lowest BCUT2D eigenvalue weighted by molar-refractivity contribution is -0.158. The minimum absolute atomic E-state index is 0.0724. The number of carbonyl (C=O) groups excluding carboxylic acids is 2. The molecule has 2 unspecified atom stereocenters. The monoisotopic (exact) mass is 455 g/mol. The Labute approximate surface area is 198 Å². The summed E-state index contributed by atoms with van der Waals surface area (Å²) in [5.74, 6) is 1.06. The maximum atomic E-state index is 12.7. The van der Waals surface area contributed by atoms with Crippen molar-refractivity contribution in [3.8, 4) is 0 Å². The lowest BCUT2D eigenvalue weighted by Gasteiger charge is -2.39. The summed E-state index contributed by atoms with van der Waals surface area (Å²) in [6.07, 6.45) is 5.46. The lowest BCUT2D eigenvalue weighted by Crippen LogP contribution is -2.38. The van der Waals surface area contributed by atoms with Gasteiger partial charge in [0.2, 0.25) is 0 Å². The summed E-state index contributed by atoms with van der Waals surface area (Å²) in [5, 5.41) is 2.76. The first-order valence-electron chi connectivity index (χ1n) is 12.6. The number of ether oxygens (including phenoxy) is 2. The second kappa shape index (κ2) is 13.4. The molecule has 5 heteroatoms. The first-order valence-corrected chi connectivity index (χ1v) is 12.6. The minimum atomic E-state index is -0.488. The smallest absolute Gasteiger partial charge is 0.407 e. The topological polar surface area (TPSA) is 64.6 Å². The highest BCUT2D eigenvalue weighted by Gasteiger charge is 2.37. The minimum Gasteiger partial charge on any atom is -0.462 e. The summed E-state index contributed by atoms with van der Waals surface area (Å²) in [6.45, 7) is 24.1. The summed E-state index contributed by atoms with van der Waals surface area (Å²) < 4.78 is 11.3. The normalized spacial score (nSPS) is 14.8. The Hall–Kier alpha value is -1.26. The van der Waals surface area contributed by atoms with Crippen LogP contribution in [0.4, 0.5) is 4.79 Å². The summed E-state index contributed by atoms with van der Waals surface area (Å²) >= 11 is 0. The SMILES string of the molecule is CC(C)CC(C)CC(OC(=O)CCCCCNC(=O)OC(C)(C)C)C(C)(C)CC(C)(C)C. The van der Waals surface area contributed by atoms with Crippen molar-refractivity contribution in [2.45, 2.75) is 133 Å². The number of carbonyl (C=O) groups is 2. The Morgan fingerprint density at radius 2 is 1.44 bits per heavy atom. The van der Waals surface area contributed by atoms with Gasteiger partial charge < -0.3 is 14.8 Å². The Bertz CT molecular complexity index is 555. The van der Waals surface area contributed by atoms with Crippen LogP contribution in [-0.4, -0.2) is 30.3 Å². The van der Waals surface area contributed by atoms with Crippen LogP contribution in [0.2, 0.25) is 0 Å². The van der Waals surface area contributed by atoms with Gasteiger partial charge in [0.25, 0.3) is 0 Å². The summed E-state index contributed by atoms with van der Waals surface area (Å²) in [5.41, 5.74) is -0.384. The Kier molecular flexibility index (Phi) is 12.9. The second-order valence-corrected chi connectivity index (χ2v) is 12.9. The molecule has 0 aromatic heterocycles. The molecule has 0 radical (unpaired) electrons. The molecular formula is C27H53NO4. The van der Waals surface area contributed by atoms with Crippen LogP contribution in [0.1, 0.15) is 121 Å². The van der Waals surface area contributed by atoms with Crippen LogP contribution in [0.5, 0.6) is 0 Å². The van der Waals surface area contributed by atoms with Crippen molar-refractivity contribution in [2.75, 3.05) is 6.54 Å².